The number of aliphatic hydroxyl groups excluding tert-OH is 1. The summed E-state index contributed by atoms with van der Waals surface area (Å²) >= 11 is 0. The average molecular weight is 130 g/mol. The second kappa shape index (κ2) is 2.27. The van der Waals surface area contributed by atoms with E-state index in [-0.39, 0.29) is 0 Å². The van der Waals surface area contributed by atoms with Crippen molar-refractivity contribution in [2.24, 2.45) is 0 Å². The summed E-state index contributed by atoms with van der Waals surface area (Å²) in [6.45, 7) is 1.58. The van der Waals surface area contributed by atoms with Crippen LogP contribution in [0, 0.1) is 0 Å². The van der Waals surface area contributed by atoms with Gasteiger partial charge in [0.05, 0.1) is 27.2 Å². The van der Waals surface area contributed by atoms with Crippen molar-refractivity contribution in [2.75, 3.05) is 27.2 Å². The van der Waals surface area contributed by atoms with Gasteiger partial charge in [0.1, 0.15) is 6.04 Å². The van der Waals surface area contributed by atoms with Gasteiger partial charge in [-0.3, -0.25) is 0 Å². The first-order valence-corrected chi connectivity index (χ1v) is 3.60. The minimum Gasteiger partial charge on any atom is -0.390 e. The molecule has 0 aromatic rings. The van der Waals surface area contributed by atoms with E-state index in [1.54, 1.807) is 0 Å². The van der Waals surface area contributed by atoms with Gasteiger partial charge in [-0.15, -0.1) is 0 Å². The van der Waals surface area contributed by atoms with Crippen molar-refractivity contribution in [2.45, 2.75) is 18.9 Å². The van der Waals surface area contributed by atoms with Gasteiger partial charge in [-0.25, -0.2) is 0 Å². The number of aliphatic hydroxyl groups is 1. The molecule has 0 aliphatic carbocycles. The number of likely N-dealkylation sites (N-methyl/N-ethyl adjacent to an activating group) is 1. The Hall–Kier alpha value is -0.0800. The lowest BCUT2D eigenvalue weighted by Crippen LogP contribution is -2.45. The lowest BCUT2D eigenvalue weighted by atomic mass is 10.2. The third-order valence-corrected chi connectivity index (χ3v) is 2.47. The van der Waals surface area contributed by atoms with Gasteiger partial charge in [0.25, 0.3) is 0 Å². The van der Waals surface area contributed by atoms with Crippen LogP contribution in [0.1, 0.15) is 12.8 Å². The van der Waals surface area contributed by atoms with Crippen LogP contribution in [-0.4, -0.2) is 42.9 Å². The lowest BCUT2D eigenvalue weighted by Gasteiger charge is -2.30. The number of hydrogen-bond acceptors (Lipinski definition) is 1. The van der Waals surface area contributed by atoms with Gasteiger partial charge in [-0.2, -0.15) is 0 Å². The first kappa shape index (κ1) is 7.03. The van der Waals surface area contributed by atoms with E-state index in [9.17, 15) is 0 Å². The first-order valence-electron chi connectivity index (χ1n) is 3.60. The fourth-order valence-corrected chi connectivity index (χ4v) is 1.58. The van der Waals surface area contributed by atoms with Crippen LogP contribution in [0.3, 0.4) is 0 Å². The molecule has 0 radical (unpaired) electrons. The molecule has 2 nitrogen and oxygen atoms in total. The maximum atomic E-state index is 8.89. The monoisotopic (exact) mass is 130 g/mol. The molecule has 0 amide bonds. The molecule has 1 aliphatic rings. The lowest BCUT2D eigenvalue weighted by molar-refractivity contribution is -0.902. The SMILES string of the molecule is C[N+]1(C)CCC[C@H]1CO. The third-order valence-electron chi connectivity index (χ3n) is 2.47. The summed E-state index contributed by atoms with van der Waals surface area (Å²) < 4.78 is 1.01. The van der Waals surface area contributed by atoms with E-state index in [4.69, 9.17) is 5.11 Å². The van der Waals surface area contributed by atoms with Crippen molar-refractivity contribution in [1.82, 2.24) is 0 Å². The zero-order valence-corrected chi connectivity index (χ0v) is 6.30. The van der Waals surface area contributed by atoms with Crippen LogP contribution in [0.15, 0.2) is 0 Å². The van der Waals surface area contributed by atoms with Gasteiger partial charge in [-0.1, -0.05) is 0 Å². The summed E-state index contributed by atoms with van der Waals surface area (Å²) in [4.78, 5) is 0. The highest BCUT2D eigenvalue weighted by Crippen LogP contribution is 2.20. The Labute approximate surface area is 56.7 Å². The molecule has 54 valence electrons. The molecule has 0 spiro atoms. The standard InChI is InChI=1S/C7H16NO/c1-8(2)5-3-4-7(8)6-9/h7,9H,3-6H2,1-2H3/q+1/t7-/m0/s1. The molecule has 9 heavy (non-hydrogen) atoms. The minimum absolute atomic E-state index is 0.354. The highest BCUT2D eigenvalue weighted by atomic mass is 16.3. The Morgan fingerprint density at radius 2 is 2.22 bits per heavy atom. The molecule has 1 rings (SSSR count). The van der Waals surface area contributed by atoms with E-state index in [1.165, 1.54) is 19.4 Å². The molecule has 0 bridgehead atoms. The molecule has 1 atom stereocenters. The van der Waals surface area contributed by atoms with Gasteiger partial charge < -0.3 is 9.59 Å². The Bertz CT molecular complexity index is 101. The molecule has 1 heterocycles. The normalized spacial score (nSPS) is 33.0. The smallest absolute Gasteiger partial charge is 0.112 e. The van der Waals surface area contributed by atoms with Crippen molar-refractivity contribution in [1.29, 1.82) is 0 Å². The summed E-state index contributed by atoms with van der Waals surface area (Å²) in [5.74, 6) is 0. The van der Waals surface area contributed by atoms with Gasteiger partial charge in [0.15, 0.2) is 0 Å². The Balaban J connectivity index is 2.52. The quantitative estimate of drug-likeness (QED) is 0.503. The van der Waals surface area contributed by atoms with E-state index in [0.29, 0.717) is 12.6 Å². The fraction of sp³-hybridized carbons (Fsp3) is 1.00. The average Bonchev–Trinajstić information content (AvgIpc) is 2.08. The zero-order chi connectivity index (χ0) is 6.91. The van der Waals surface area contributed by atoms with Crippen LogP contribution < -0.4 is 0 Å². The zero-order valence-electron chi connectivity index (χ0n) is 6.30. The molecule has 1 aliphatic heterocycles. The molecule has 0 aromatic carbocycles. The molecular formula is C7H16NO+. The van der Waals surface area contributed by atoms with Crippen molar-refractivity contribution < 1.29 is 9.59 Å². The Morgan fingerprint density at radius 3 is 2.44 bits per heavy atom. The van der Waals surface area contributed by atoms with E-state index in [0.717, 1.165) is 4.48 Å². The van der Waals surface area contributed by atoms with Crippen LogP contribution >= 0.6 is 0 Å². The number of hydrogen-bond donors (Lipinski definition) is 1. The minimum atomic E-state index is 0.354. The molecule has 0 aromatic heterocycles. The molecule has 0 saturated carbocycles. The molecule has 1 fully saturated rings. The second-order valence-electron chi connectivity index (χ2n) is 3.48. The third kappa shape index (κ3) is 1.25. The van der Waals surface area contributed by atoms with Crippen LogP contribution in [0.5, 0.6) is 0 Å². The summed E-state index contributed by atoms with van der Waals surface area (Å²) in [5, 5.41) is 8.89. The van der Waals surface area contributed by atoms with Crippen LogP contribution in [0.25, 0.3) is 0 Å². The summed E-state index contributed by atoms with van der Waals surface area (Å²) in [6.07, 6.45) is 2.47. The predicted molar refractivity (Wildman–Crippen MR) is 37.1 cm³/mol. The van der Waals surface area contributed by atoms with Gasteiger partial charge >= 0.3 is 0 Å². The molecular weight excluding hydrogens is 114 g/mol. The maximum Gasteiger partial charge on any atom is 0.112 e. The highest BCUT2D eigenvalue weighted by Gasteiger charge is 2.32. The molecule has 2 heteroatoms. The number of nitrogens with zero attached hydrogens (tertiary/aromatic N) is 1. The Kier molecular flexibility index (Phi) is 1.78. The van der Waals surface area contributed by atoms with Gasteiger partial charge in [0, 0.05) is 12.8 Å². The number of rotatable bonds is 1. The topological polar surface area (TPSA) is 20.2 Å². The van der Waals surface area contributed by atoms with Crippen molar-refractivity contribution in [3.8, 4) is 0 Å². The largest absolute Gasteiger partial charge is 0.390 e. The molecule has 0 unspecified atom stereocenters. The van der Waals surface area contributed by atoms with Crippen molar-refractivity contribution in [3.05, 3.63) is 0 Å². The van der Waals surface area contributed by atoms with Crippen molar-refractivity contribution >= 4 is 0 Å². The van der Waals surface area contributed by atoms with E-state index < -0.39 is 0 Å². The number of likely N-dealkylation sites (tertiary alicyclic amines) is 1. The second-order valence-corrected chi connectivity index (χ2v) is 3.48. The van der Waals surface area contributed by atoms with Crippen LogP contribution in [0.2, 0.25) is 0 Å². The molecule has 1 N–H and O–H groups in total. The van der Waals surface area contributed by atoms with E-state index in [2.05, 4.69) is 14.1 Å². The summed E-state index contributed by atoms with van der Waals surface area (Å²) in [5.41, 5.74) is 0. The van der Waals surface area contributed by atoms with E-state index in [1.807, 2.05) is 0 Å². The van der Waals surface area contributed by atoms with Gasteiger partial charge in [-0.05, 0) is 0 Å². The van der Waals surface area contributed by atoms with Crippen LogP contribution in [-0.2, 0) is 0 Å². The highest BCUT2D eigenvalue weighted by molar-refractivity contribution is 4.63. The summed E-state index contributed by atoms with van der Waals surface area (Å²) in [6, 6.07) is 0.505. The maximum absolute atomic E-state index is 8.89. The predicted octanol–water partition coefficient (Wildman–Crippen LogP) is 0.218. The van der Waals surface area contributed by atoms with Crippen molar-refractivity contribution in [3.63, 3.8) is 0 Å². The van der Waals surface area contributed by atoms with Gasteiger partial charge in [0.2, 0.25) is 0 Å². The number of quaternary nitrogens is 1. The summed E-state index contributed by atoms with van der Waals surface area (Å²) in [7, 11) is 4.38. The Morgan fingerprint density at radius 1 is 1.56 bits per heavy atom. The first-order chi connectivity index (χ1) is 4.17. The molecule has 1 saturated heterocycles. The van der Waals surface area contributed by atoms with E-state index >= 15 is 0 Å². The fourth-order valence-electron chi connectivity index (χ4n) is 1.58. The van der Waals surface area contributed by atoms with Crippen LogP contribution in [0.4, 0.5) is 0 Å².